The second-order valence-corrected chi connectivity index (χ2v) is 15.1. The molecule has 0 radical (unpaired) electrons. The summed E-state index contributed by atoms with van der Waals surface area (Å²) in [6.45, 7) is 6.48. The fraction of sp³-hybridized carbons (Fsp3) is 0.594. The number of sulfonamides is 1. The molecule has 1 saturated heterocycles. The number of methoxy groups -OCH3 is 1. The Labute approximate surface area is 260 Å². The molecule has 2 N–H and O–H groups in total. The summed E-state index contributed by atoms with van der Waals surface area (Å²) in [6, 6.07) is 11.8. The lowest BCUT2D eigenvalue weighted by atomic mass is 9.72. The van der Waals surface area contributed by atoms with Crippen LogP contribution < -0.4 is 10.1 Å². The van der Waals surface area contributed by atoms with Crippen LogP contribution in [0.15, 0.2) is 53.4 Å². The number of carbonyl (C=O) groups is 1. The first-order chi connectivity index (χ1) is 20.8. The Bertz CT molecular complexity index is 1390. The van der Waals surface area contributed by atoms with Gasteiger partial charge in [-0.3, -0.25) is 19.8 Å². The number of amides is 1. The number of ether oxygens (including phenoxy) is 1. The Morgan fingerprint density at radius 2 is 1.84 bits per heavy atom. The molecule has 1 heterocycles. The SMILES string of the molecule is COc1ccc(S(=O)(=O)N(CCc2cccc([N+](=O)[O-])c2)C[C@H](O)CN2C[C@H]3CCCC[C@H]3C[C@H]2C(=O)NC(C)(C)C)cc1. The first kappa shape index (κ1) is 33.8. The van der Waals surface area contributed by atoms with Crippen molar-refractivity contribution >= 4 is 21.6 Å². The number of nitro groups is 1. The fourth-order valence-electron chi connectivity index (χ4n) is 6.48. The van der Waals surface area contributed by atoms with Gasteiger partial charge in [0.15, 0.2) is 0 Å². The van der Waals surface area contributed by atoms with Crippen molar-refractivity contribution in [1.82, 2.24) is 14.5 Å². The summed E-state index contributed by atoms with van der Waals surface area (Å²) in [7, 11) is -2.55. The quantitative estimate of drug-likeness (QED) is 0.265. The zero-order valence-electron chi connectivity index (χ0n) is 26.1. The van der Waals surface area contributed by atoms with Gasteiger partial charge in [0.05, 0.1) is 29.1 Å². The molecule has 1 aliphatic heterocycles. The minimum absolute atomic E-state index is 0.00519. The van der Waals surface area contributed by atoms with E-state index >= 15 is 0 Å². The van der Waals surface area contributed by atoms with Crippen molar-refractivity contribution in [2.24, 2.45) is 11.8 Å². The third-order valence-corrected chi connectivity index (χ3v) is 10.5. The molecule has 2 aromatic rings. The topological polar surface area (TPSA) is 142 Å². The monoisotopic (exact) mass is 630 g/mol. The number of hydrogen-bond acceptors (Lipinski definition) is 8. The van der Waals surface area contributed by atoms with Gasteiger partial charge < -0.3 is 15.2 Å². The molecule has 4 rings (SSSR count). The van der Waals surface area contributed by atoms with Gasteiger partial charge in [-0.1, -0.05) is 31.4 Å². The van der Waals surface area contributed by atoms with Crippen LogP contribution in [0.25, 0.3) is 0 Å². The van der Waals surface area contributed by atoms with Gasteiger partial charge in [-0.25, -0.2) is 8.42 Å². The fourth-order valence-corrected chi connectivity index (χ4v) is 7.95. The van der Waals surface area contributed by atoms with Gasteiger partial charge in [-0.15, -0.1) is 0 Å². The third kappa shape index (κ3) is 8.77. The van der Waals surface area contributed by atoms with Crippen LogP contribution in [-0.2, 0) is 21.2 Å². The second-order valence-electron chi connectivity index (χ2n) is 13.1. The highest BCUT2D eigenvalue weighted by atomic mass is 32.2. The number of piperidine rings is 1. The van der Waals surface area contributed by atoms with Crippen LogP contribution in [0.5, 0.6) is 5.75 Å². The minimum Gasteiger partial charge on any atom is -0.497 e. The maximum absolute atomic E-state index is 13.9. The molecule has 2 aromatic carbocycles. The predicted molar refractivity (Wildman–Crippen MR) is 168 cm³/mol. The number of aliphatic hydroxyl groups is 1. The Kier molecular flexibility index (Phi) is 11.0. The number of fused-ring (bicyclic) bond motifs is 1. The number of rotatable bonds is 12. The smallest absolute Gasteiger partial charge is 0.269 e. The van der Waals surface area contributed by atoms with E-state index in [9.17, 15) is 28.4 Å². The average molecular weight is 631 g/mol. The lowest BCUT2D eigenvalue weighted by Gasteiger charge is -2.46. The van der Waals surface area contributed by atoms with Crippen LogP contribution in [0.3, 0.4) is 0 Å². The maximum atomic E-state index is 13.9. The summed E-state index contributed by atoms with van der Waals surface area (Å²) in [5.41, 5.74) is 0.139. The summed E-state index contributed by atoms with van der Waals surface area (Å²) in [5.74, 6) is 1.36. The van der Waals surface area contributed by atoms with Crippen LogP contribution in [-0.4, -0.2) is 84.5 Å². The van der Waals surface area contributed by atoms with Crippen molar-refractivity contribution in [3.8, 4) is 5.75 Å². The molecule has 44 heavy (non-hydrogen) atoms. The van der Waals surface area contributed by atoms with Gasteiger partial charge in [0.25, 0.3) is 5.69 Å². The van der Waals surface area contributed by atoms with Crippen molar-refractivity contribution < 1.29 is 28.0 Å². The molecule has 1 aliphatic carbocycles. The van der Waals surface area contributed by atoms with E-state index in [4.69, 9.17) is 4.74 Å². The van der Waals surface area contributed by atoms with Crippen molar-refractivity contribution in [2.75, 3.05) is 33.3 Å². The van der Waals surface area contributed by atoms with Gasteiger partial charge >= 0.3 is 0 Å². The number of nitrogens with one attached hydrogen (secondary N) is 1. The zero-order chi connectivity index (χ0) is 32.1. The van der Waals surface area contributed by atoms with E-state index in [0.717, 1.165) is 25.7 Å². The predicted octanol–water partition coefficient (Wildman–Crippen LogP) is 3.99. The summed E-state index contributed by atoms with van der Waals surface area (Å²) in [6.07, 6.45) is 4.38. The minimum atomic E-state index is -4.05. The Balaban J connectivity index is 1.55. The molecule has 2 aliphatic rings. The molecule has 0 spiro atoms. The molecule has 0 bridgehead atoms. The first-order valence-electron chi connectivity index (χ1n) is 15.4. The number of nitrogens with zero attached hydrogens (tertiary/aromatic N) is 3. The second kappa shape index (κ2) is 14.4. The van der Waals surface area contributed by atoms with Crippen molar-refractivity contribution in [1.29, 1.82) is 0 Å². The molecule has 1 saturated carbocycles. The number of nitro benzene ring substituents is 1. The Hall–Kier alpha value is -3.06. The molecule has 12 heteroatoms. The maximum Gasteiger partial charge on any atom is 0.269 e. The third-order valence-electron chi connectivity index (χ3n) is 8.63. The van der Waals surface area contributed by atoms with Crippen molar-refractivity contribution in [3.05, 3.63) is 64.2 Å². The van der Waals surface area contributed by atoms with Crippen molar-refractivity contribution in [3.63, 3.8) is 0 Å². The van der Waals surface area contributed by atoms with E-state index in [0.29, 0.717) is 29.7 Å². The molecule has 1 amide bonds. The first-order valence-corrected chi connectivity index (χ1v) is 16.8. The number of carbonyl (C=O) groups excluding carboxylic acids is 1. The highest BCUT2D eigenvalue weighted by Gasteiger charge is 2.41. The van der Waals surface area contributed by atoms with Crippen LogP contribution in [0.2, 0.25) is 0 Å². The Morgan fingerprint density at radius 3 is 2.48 bits per heavy atom. The van der Waals surface area contributed by atoms with Crippen LogP contribution >= 0.6 is 0 Å². The van der Waals surface area contributed by atoms with Crippen LogP contribution in [0.4, 0.5) is 5.69 Å². The zero-order valence-corrected chi connectivity index (χ0v) is 27.0. The van der Waals surface area contributed by atoms with E-state index in [1.165, 1.54) is 42.1 Å². The van der Waals surface area contributed by atoms with E-state index in [2.05, 4.69) is 5.32 Å². The normalized spacial score (nSPS) is 21.8. The molecule has 2 fully saturated rings. The number of hydrogen-bond donors (Lipinski definition) is 2. The molecule has 4 atom stereocenters. The largest absolute Gasteiger partial charge is 0.497 e. The van der Waals surface area contributed by atoms with Gasteiger partial charge in [0.2, 0.25) is 15.9 Å². The molecular formula is C32H46N4O7S. The summed E-state index contributed by atoms with van der Waals surface area (Å²) in [4.78, 5) is 26.3. The lowest BCUT2D eigenvalue weighted by molar-refractivity contribution is -0.384. The molecule has 0 unspecified atom stereocenters. The van der Waals surface area contributed by atoms with Gasteiger partial charge in [-0.2, -0.15) is 4.31 Å². The highest BCUT2D eigenvalue weighted by Crippen LogP contribution is 2.39. The number of non-ortho nitro benzene ring substituents is 1. The van der Waals surface area contributed by atoms with Crippen LogP contribution in [0.1, 0.15) is 58.4 Å². The summed E-state index contributed by atoms with van der Waals surface area (Å²) < 4.78 is 34.1. The van der Waals surface area contributed by atoms with Crippen molar-refractivity contribution in [2.45, 2.75) is 81.9 Å². The van der Waals surface area contributed by atoms with E-state index < -0.39 is 32.6 Å². The average Bonchev–Trinajstić information content (AvgIpc) is 2.98. The Morgan fingerprint density at radius 1 is 1.16 bits per heavy atom. The number of aliphatic hydroxyl groups excluding tert-OH is 1. The molecule has 242 valence electrons. The van der Waals surface area contributed by atoms with E-state index in [-0.39, 0.29) is 42.5 Å². The standard InChI is InChI=1S/C32H46N4O7S/c1-32(2,3)33-31(38)30-19-24-9-5-6-10-25(24)20-34(30)21-27(37)22-35(17-16-23-8-7-11-26(18-23)36(39)40)44(41,42)29-14-12-28(43-4)13-15-29/h7-8,11-15,18,24-25,27,30,37H,5-6,9-10,16-17,19-22H2,1-4H3,(H,33,38)/t24-,25+,27+,30-/m0/s1. The highest BCUT2D eigenvalue weighted by molar-refractivity contribution is 7.89. The van der Waals surface area contributed by atoms with Gasteiger partial charge in [-0.05, 0) is 81.7 Å². The molecule has 0 aromatic heterocycles. The summed E-state index contributed by atoms with van der Waals surface area (Å²) >= 11 is 0. The van der Waals surface area contributed by atoms with Gasteiger partial charge in [0, 0.05) is 43.9 Å². The van der Waals surface area contributed by atoms with Gasteiger partial charge in [0.1, 0.15) is 5.75 Å². The number of likely N-dealkylation sites (tertiary alicyclic amines) is 1. The van der Waals surface area contributed by atoms with E-state index in [1.54, 1.807) is 24.3 Å². The number of β-amino-alcohol motifs (C(OH)–C–C–N with tert-alkyl or cyclic N) is 1. The molecular weight excluding hydrogens is 584 g/mol. The van der Waals surface area contributed by atoms with E-state index in [1.807, 2.05) is 25.7 Å². The summed E-state index contributed by atoms with van der Waals surface area (Å²) in [5, 5.41) is 25.8. The lowest BCUT2D eigenvalue weighted by Crippen LogP contribution is -2.59. The molecule has 11 nitrogen and oxygen atoms in total. The van der Waals surface area contributed by atoms with Crippen LogP contribution in [0, 0.1) is 22.0 Å². The number of benzene rings is 2.